The number of amides is 1. The van der Waals surface area contributed by atoms with Gasteiger partial charge in [0.1, 0.15) is 17.2 Å². The number of carbonyl (C=O) groups excluding carboxylic acids is 1. The molecule has 3 aromatic rings. The molecule has 0 saturated carbocycles. The molecule has 0 heterocycles. The number of hydrogen-bond acceptors (Lipinski definition) is 5. The molecular formula is C29H32Cl2N2O4. The Hall–Kier alpha value is -3.22. The van der Waals surface area contributed by atoms with Crippen molar-refractivity contribution in [2.75, 3.05) is 6.61 Å². The van der Waals surface area contributed by atoms with Crippen LogP contribution in [0.15, 0.2) is 77.9 Å². The van der Waals surface area contributed by atoms with Crippen LogP contribution in [0.25, 0.3) is 0 Å². The number of carbonyl (C=O) groups is 1. The van der Waals surface area contributed by atoms with Crippen LogP contribution < -0.4 is 19.6 Å². The summed E-state index contributed by atoms with van der Waals surface area (Å²) in [5.41, 5.74) is 3.28. The van der Waals surface area contributed by atoms with Gasteiger partial charge in [0.05, 0.1) is 12.8 Å². The van der Waals surface area contributed by atoms with E-state index < -0.39 is 12.2 Å². The maximum absolute atomic E-state index is 12.8. The van der Waals surface area contributed by atoms with Crippen LogP contribution in [0.4, 0.5) is 0 Å². The van der Waals surface area contributed by atoms with Gasteiger partial charge >= 0.3 is 12.2 Å². The number of nitrogens with zero attached hydrogens (tertiary/aromatic N) is 1. The van der Waals surface area contributed by atoms with E-state index in [4.69, 9.17) is 37.4 Å². The first-order valence-electron chi connectivity index (χ1n) is 12.4. The number of unbranched alkanes of at least 4 members (excludes halogenated alkanes) is 5. The number of ether oxygens (including phenoxy) is 3. The maximum atomic E-state index is 12.8. The largest absolute Gasteiger partial charge is 0.494 e. The smallest absolute Gasteiger partial charge is 0.323 e. The first-order valence-corrected chi connectivity index (χ1v) is 13.2. The number of benzene rings is 3. The summed E-state index contributed by atoms with van der Waals surface area (Å²) in [7, 11) is 0. The third-order valence-electron chi connectivity index (χ3n) is 5.36. The molecule has 3 aromatic carbocycles. The Balaban J connectivity index is 1.51. The molecule has 0 unspecified atom stereocenters. The van der Waals surface area contributed by atoms with Crippen molar-refractivity contribution in [1.29, 1.82) is 0 Å². The molecule has 0 bridgehead atoms. The highest BCUT2D eigenvalue weighted by Gasteiger charge is 2.22. The first kappa shape index (κ1) is 28.4. The molecule has 1 amide bonds. The lowest BCUT2D eigenvalue weighted by atomic mass is 10.1. The predicted molar refractivity (Wildman–Crippen MR) is 149 cm³/mol. The SMILES string of the molecule is CCCCCCCCOc1ccc(C=NNC(=O)C(Oc2ccc(Cl)cc2)Oc2ccc(Cl)cc2)cc1. The molecule has 0 aliphatic rings. The third kappa shape index (κ3) is 10.7. The minimum absolute atomic E-state index is 0.416. The van der Waals surface area contributed by atoms with Crippen molar-refractivity contribution in [3.05, 3.63) is 88.4 Å². The number of hydrogen-bond donors (Lipinski definition) is 1. The Morgan fingerprint density at radius 3 is 1.86 bits per heavy atom. The van der Waals surface area contributed by atoms with Crippen LogP contribution in [0.1, 0.15) is 51.0 Å². The summed E-state index contributed by atoms with van der Waals surface area (Å²) in [5.74, 6) is 1.06. The van der Waals surface area contributed by atoms with Crippen molar-refractivity contribution in [3.63, 3.8) is 0 Å². The van der Waals surface area contributed by atoms with Gasteiger partial charge in [0.2, 0.25) is 0 Å². The van der Waals surface area contributed by atoms with Crippen molar-refractivity contribution < 1.29 is 19.0 Å². The van der Waals surface area contributed by atoms with Crippen LogP contribution in [-0.2, 0) is 4.79 Å². The molecule has 0 fully saturated rings. The molecule has 6 nitrogen and oxygen atoms in total. The van der Waals surface area contributed by atoms with Gasteiger partial charge in [-0.15, -0.1) is 0 Å². The van der Waals surface area contributed by atoms with Gasteiger partial charge < -0.3 is 14.2 Å². The fourth-order valence-corrected chi connectivity index (χ4v) is 3.60. The van der Waals surface area contributed by atoms with Crippen LogP contribution in [0.2, 0.25) is 10.0 Å². The van der Waals surface area contributed by atoms with Gasteiger partial charge in [0.25, 0.3) is 0 Å². The van der Waals surface area contributed by atoms with Crippen LogP contribution in [0, 0.1) is 0 Å². The van der Waals surface area contributed by atoms with Gasteiger partial charge in [-0.3, -0.25) is 4.79 Å². The van der Waals surface area contributed by atoms with Gasteiger partial charge in [-0.05, 0) is 84.8 Å². The second kappa shape index (κ2) is 15.8. The van der Waals surface area contributed by atoms with Crippen LogP contribution in [-0.4, -0.2) is 25.0 Å². The molecule has 8 heteroatoms. The Bertz CT molecular complexity index is 1060. The molecule has 0 spiro atoms. The number of rotatable bonds is 15. The van der Waals surface area contributed by atoms with E-state index in [1.807, 2.05) is 24.3 Å². The molecule has 0 aliphatic carbocycles. The van der Waals surface area contributed by atoms with E-state index in [1.165, 1.54) is 38.3 Å². The van der Waals surface area contributed by atoms with Crippen LogP contribution in [0.3, 0.4) is 0 Å². The highest BCUT2D eigenvalue weighted by molar-refractivity contribution is 6.30. The van der Waals surface area contributed by atoms with E-state index in [0.717, 1.165) is 17.7 Å². The molecule has 3 rings (SSSR count). The minimum Gasteiger partial charge on any atom is -0.494 e. The van der Waals surface area contributed by atoms with Gasteiger partial charge in [0.15, 0.2) is 0 Å². The van der Waals surface area contributed by atoms with Crippen molar-refractivity contribution in [1.82, 2.24) is 5.43 Å². The summed E-state index contributed by atoms with van der Waals surface area (Å²) < 4.78 is 17.3. The van der Waals surface area contributed by atoms with E-state index >= 15 is 0 Å². The Morgan fingerprint density at radius 1 is 0.784 bits per heavy atom. The average molecular weight is 543 g/mol. The lowest BCUT2D eigenvalue weighted by molar-refractivity contribution is -0.140. The summed E-state index contributed by atoms with van der Waals surface area (Å²) in [6.45, 7) is 2.93. The third-order valence-corrected chi connectivity index (χ3v) is 5.87. The summed E-state index contributed by atoms with van der Waals surface area (Å²) in [4.78, 5) is 12.8. The van der Waals surface area contributed by atoms with Gasteiger partial charge in [-0.25, -0.2) is 5.43 Å². The van der Waals surface area contributed by atoms with Crippen molar-refractivity contribution in [2.24, 2.45) is 5.10 Å². The molecule has 1 N–H and O–H groups in total. The second-order valence-electron chi connectivity index (χ2n) is 8.39. The molecular weight excluding hydrogens is 511 g/mol. The van der Waals surface area contributed by atoms with Gasteiger partial charge in [-0.2, -0.15) is 5.10 Å². The van der Waals surface area contributed by atoms with E-state index in [1.54, 1.807) is 48.5 Å². The minimum atomic E-state index is -1.29. The number of nitrogens with one attached hydrogen (secondary N) is 1. The molecule has 37 heavy (non-hydrogen) atoms. The molecule has 0 saturated heterocycles. The Kier molecular flexibility index (Phi) is 12.1. The Morgan fingerprint density at radius 2 is 1.30 bits per heavy atom. The summed E-state index contributed by atoms with van der Waals surface area (Å²) in [5, 5.41) is 5.15. The monoisotopic (exact) mass is 542 g/mol. The van der Waals surface area contributed by atoms with Gasteiger partial charge in [0, 0.05) is 10.0 Å². The van der Waals surface area contributed by atoms with Crippen LogP contribution in [0.5, 0.6) is 17.2 Å². The highest BCUT2D eigenvalue weighted by atomic mass is 35.5. The molecule has 0 aliphatic heterocycles. The standard InChI is InChI=1S/C29H32Cl2N2O4/c1-2-3-4-5-6-7-20-35-25-14-8-22(9-15-25)21-32-33-28(34)29(36-26-16-10-23(30)11-17-26)37-27-18-12-24(31)13-19-27/h8-19,21,29H,2-7,20H2,1H3,(H,33,34). The normalized spacial score (nSPS) is 11.0. The fraction of sp³-hybridized carbons (Fsp3) is 0.310. The molecule has 196 valence electrons. The van der Waals surface area contributed by atoms with Crippen molar-refractivity contribution in [3.8, 4) is 17.2 Å². The van der Waals surface area contributed by atoms with E-state index in [-0.39, 0.29) is 0 Å². The lowest BCUT2D eigenvalue weighted by Gasteiger charge is -2.19. The first-order chi connectivity index (χ1) is 18.0. The van der Waals surface area contributed by atoms with Gasteiger partial charge in [-0.1, -0.05) is 62.2 Å². The van der Waals surface area contributed by atoms with E-state index in [0.29, 0.717) is 28.2 Å². The van der Waals surface area contributed by atoms with E-state index in [2.05, 4.69) is 17.5 Å². The Labute approximate surface area is 228 Å². The molecule has 0 radical (unpaired) electrons. The summed E-state index contributed by atoms with van der Waals surface area (Å²) in [6, 6.07) is 20.7. The topological polar surface area (TPSA) is 69.2 Å². The van der Waals surface area contributed by atoms with Crippen molar-refractivity contribution >= 4 is 35.3 Å². The average Bonchev–Trinajstić information content (AvgIpc) is 2.91. The zero-order valence-electron chi connectivity index (χ0n) is 20.9. The second-order valence-corrected chi connectivity index (χ2v) is 9.27. The van der Waals surface area contributed by atoms with Crippen molar-refractivity contribution in [2.45, 2.75) is 51.7 Å². The molecule has 0 atom stereocenters. The summed E-state index contributed by atoms with van der Waals surface area (Å²) >= 11 is 11.9. The predicted octanol–water partition coefficient (Wildman–Crippen LogP) is 7.67. The maximum Gasteiger partial charge on any atom is 0.323 e. The molecule has 0 aromatic heterocycles. The summed E-state index contributed by atoms with van der Waals surface area (Å²) in [6.07, 6.45) is 7.59. The number of halogens is 2. The fourth-order valence-electron chi connectivity index (χ4n) is 3.35. The quantitative estimate of drug-likeness (QED) is 0.0925. The lowest BCUT2D eigenvalue weighted by Crippen LogP contribution is -2.40. The van der Waals surface area contributed by atoms with Crippen LogP contribution >= 0.6 is 23.2 Å². The zero-order valence-corrected chi connectivity index (χ0v) is 22.4. The zero-order chi connectivity index (χ0) is 26.3. The highest BCUT2D eigenvalue weighted by Crippen LogP contribution is 2.21. The van der Waals surface area contributed by atoms with E-state index in [9.17, 15) is 4.79 Å². The number of hydrazone groups is 1.